The molecule has 0 spiro atoms. The van der Waals surface area contributed by atoms with Crippen LogP contribution in [0.25, 0.3) is 0 Å². The van der Waals surface area contributed by atoms with Crippen molar-refractivity contribution in [3.63, 3.8) is 0 Å². The number of nitrogens with one attached hydrogen (secondary N) is 1. The highest BCUT2D eigenvalue weighted by molar-refractivity contribution is 9.10. The van der Waals surface area contributed by atoms with Gasteiger partial charge in [-0.3, -0.25) is 0 Å². The monoisotopic (exact) mass is 327 g/mol. The van der Waals surface area contributed by atoms with Gasteiger partial charge in [0.1, 0.15) is 5.75 Å². The molecule has 4 nitrogen and oxygen atoms in total. The molecular formula is C14H18BrNO3. The van der Waals surface area contributed by atoms with E-state index in [-0.39, 0.29) is 5.97 Å². The lowest BCUT2D eigenvalue weighted by Gasteiger charge is -2.10. The van der Waals surface area contributed by atoms with Gasteiger partial charge in [-0.15, -0.1) is 0 Å². The molecular weight excluding hydrogens is 310 g/mol. The average Bonchev–Trinajstić information content (AvgIpc) is 2.43. The molecule has 0 aliphatic rings. The Kier molecular flexibility index (Phi) is 6.42. The van der Waals surface area contributed by atoms with E-state index in [4.69, 9.17) is 9.47 Å². The second kappa shape index (κ2) is 7.84. The number of hydrogen-bond donors (Lipinski definition) is 1. The van der Waals surface area contributed by atoms with Crippen LogP contribution in [0, 0.1) is 0 Å². The van der Waals surface area contributed by atoms with Crippen molar-refractivity contribution in [2.75, 3.05) is 26.1 Å². The molecule has 0 amide bonds. The first-order valence-corrected chi connectivity index (χ1v) is 6.76. The molecule has 0 aliphatic carbocycles. The minimum Gasteiger partial charge on any atom is -0.495 e. The van der Waals surface area contributed by atoms with Crippen molar-refractivity contribution in [1.82, 2.24) is 0 Å². The molecule has 0 bridgehead atoms. The van der Waals surface area contributed by atoms with E-state index < -0.39 is 0 Å². The van der Waals surface area contributed by atoms with E-state index in [1.807, 2.05) is 31.2 Å². The van der Waals surface area contributed by atoms with Gasteiger partial charge in [-0.25, -0.2) is 4.79 Å². The van der Waals surface area contributed by atoms with Gasteiger partial charge in [-0.2, -0.15) is 0 Å². The van der Waals surface area contributed by atoms with Gasteiger partial charge in [0.15, 0.2) is 0 Å². The van der Waals surface area contributed by atoms with E-state index in [2.05, 4.69) is 21.2 Å². The lowest BCUT2D eigenvalue weighted by atomic mass is 10.2. The summed E-state index contributed by atoms with van der Waals surface area (Å²) in [6.07, 6.45) is 2.47. The Morgan fingerprint density at radius 3 is 2.74 bits per heavy atom. The van der Waals surface area contributed by atoms with Crippen molar-refractivity contribution >= 4 is 27.6 Å². The molecule has 1 aromatic rings. The second-order valence-electron chi connectivity index (χ2n) is 3.80. The molecule has 104 valence electrons. The third kappa shape index (κ3) is 4.59. The number of carbonyl (C=O) groups is 1. The predicted molar refractivity (Wildman–Crippen MR) is 79.6 cm³/mol. The summed E-state index contributed by atoms with van der Waals surface area (Å²) >= 11 is 3.41. The molecule has 0 fully saturated rings. The molecule has 0 atom stereocenters. The van der Waals surface area contributed by atoms with Gasteiger partial charge in [0.05, 0.1) is 19.9 Å². The number of rotatable bonds is 6. The van der Waals surface area contributed by atoms with E-state index in [0.29, 0.717) is 18.5 Å². The first kappa shape index (κ1) is 15.6. The minimum absolute atomic E-state index is 0.287. The second-order valence-corrected chi connectivity index (χ2v) is 4.72. The van der Waals surface area contributed by atoms with Crippen LogP contribution in [0.15, 0.2) is 34.3 Å². The zero-order valence-corrected chi connectivity index (χ0v) is 12.9. The molecule has 0 saturated carbocycles. The van der Waals surface area contributed by atoms with Gasteiger partial charge in [-0.1, -0.05) is 28.9 Å². The Morgan fingerprint density at radius 2 is 2.16 bits per heavy atom. The maximum absolute atomic E-state index is 11.4. The minimum atomic E-state index is -0.287. The van der Waals surface area contributed by atoms with E-state index in [0.717, 1.165) is 15.9 Å². The van der Waals surface area contributed by atoms with Crippen LogP contribution in [0.2, 0.25) is 0 Å². The van der Waals surface area contributed by atoms with Crippen molar-refractivity contribution in [2.45, 2.75) is 13.3 Å². The fourth-order valence-corrected chi connectivity index (χ4v) is 1.97. The summed E-state index contributed by atoms with van der Waals surface area (Å²) in [6, 6.07) is 5.71. The molecule has 0 aliphatic heterocycles. The number of ether oxygens (including phenoxy) is 2. The fraction of sp³-hybridized carbons (Fsp3) is 0.357. The quantitative estimate of drug-likeness (QED) is 0.642. The summed E-state index contributed by atoms with van der Waals surface area (Å²) in [5.41, 5.74) is 1.53. The number of hydrogen-bond acceptors (Lipinski definition) is 4. The van der Waals surface area contributed by atoms with Crippen molar-refractivity contribution in [1.29, 1.82) is 0 Å². The predicted octanol–water partition coefficient (Wildman–Crippen LogP) is 3.38. The summed E-state index contributed by atoms with van der Waals surface area (Å²) in [6.45, 7) is 2.45. The van der Waals surface area contributed by atoms with Crippen LogP contribution in [0.5, 0.6) is 5.75 Å². The highest BCUT2D eigenvalue weighted by Gasteiger charge is 2.06. The van der Waals surface area contributed by atoms with Gasteiger partial charge < -0.3 is 14.8 Å². The Bertz CT molecular complexity index is 472. The van der Waals surface area contributed by atoms with Crippen molar-refractivity contribution in [2.24, 2.45) is 0 Å². The molecule has 19 heavy (non-hydrogen) atoms. The van der Waals surface area contributed by atoms with Crippen LogP contribution < -0.4 is 10.1 Å². The molecule has 5 heteroatoms. The topological polar surface area (TPSA) is 47.6 Å². The van der Waals surface area contributed by atoms with E-state index >= 15 is 0 Å². The number of anilines is 1. The van der Waals surface area contributed by atoms with Gasteiger partial charge in [0, 0.05) is 16.6 Å². The van der Waals surface area contributed by atoms with Crippen LogP contribution in [0.4, 0.5) is 5.69 Å². The largest absolute Gasteiger partial charge is 0.495 e. The molecule has 1 rings (SSSR count). The third-order valence-corrected chi connectivity index (χ3v) is 3.12. The van der Waals surface area contributed by atoms with Gasteiger partial charge >= 0.3 is 5.97 Å². The first-order chi connectivity index (χ1) is 9.12. The SMILES string of the molecule is CC/C(=C/CNc1cc(Br)ccc1OC)C(=O)OC. The molecule has 0 saturated heterocycles. The van der Waals surface area contributed by atoms with Crippen molar-refractivity contribution in [3.8, 4) is 5.75 Å². The zero-order chi connectivity index (χ0) is 14.3. The first-order valence-electron chi connectivity index (χ1n) is 5.97. The summed E-state index contributed by atoms with van der Waals surface area (Å²) in [5, 5.41) is 3.21. The molecule has 0 heterocycles. The lowest BCUT2D eigenvalue weighted by molar-refractivity contribution is -0.136. The van der Waals surface area contributed by atoms with Gasteiger partial charge in [0.2, 0.25) is 0 Å². The van der Waals surface area contributed by atoms with Crippen LogP contribution in [0.3, 0.4) is 0 Å². The van der Waals surface area contributed by atoms with Crippen molar-refractivity contribution < 1.29 is 14.3 Å². The van der Waals surface area contributed by atoms with Crippen molar-refractivity contribution in [3.05, 3.63) is 34.3 Å². The smallest absolute Gasteiger partial charge is 0.333 e. The van der Waals surface area contributed by atoms with Crippen LogP contribution in [-0.2, 0) is 9.53 Å². The van der Waals surface area contributed by atoms with Crippen LogP contribution >= 0.6 is 15.9 Å². The van der Waals surface area contributed by atoms with E-state index in [1.165, 1.54) is 7.11 Å². The van der Waals surface area contributed by atoms with Gasteiger partial charge in [-0.05, 0) is 24.6 Å². The Morgan fingerprint density at radius 1 is 1.42 bits per heavy atom. The number of methoxy groups -OCH3 is 2. The number of benzene rings is 1. The normalized spacial score (nSPS) is 11.1. The summed E-state index contributed by atoms with van der Waals surface area (Å²) in [4.78, 5) is 11.4. The summed E-state index contributed by atoms with van der Waals surface area (Å²) in [5.74, 6) is 0.471. The van der Waals surface area contributed by atoms with Crippen LogP contribution in [-0.4, -0.2) is 26.7 Å². The molecule has 0 aromatic heterocycles. The standard InChI is InChI=1S/C14H18BrNO3/c1-4-10(14(17)19-3)7-8-16-12-9-11(15)5-6-13(12)18-2/h5-7,9,16H,4,8H2,1-3H3/b10-7-. The van der Waals surface area contributed by atoms with E-state index in [1.54, 1.807) is 7.11 Å². The number of carbonyl (C=O) groups excluding carboxylic acids is 1. The van der Waals surface area contributed by atoms with Crippen LogP contribution in [0.1, 0.15) is 13.3 Å². The maximum atomic E-state index is 11.4. The fourth-order valence-electron chi connectivity index (χ4n) is 1.61. The highest BCUT2D eigenvalue weighted by atomic mass is 79.9. The van der Waals surface area contributed by atoms with E-state index in [9.17, 15) is 4.79 Å². The third-order valence-electron chi connectivity index (χ3n) is 2.63. The average molecular weight is 328 g/mol. The Hall–Kier alpha value is -1.49. The number of esters is 1. The molecule has 1 N–H and O–H groups in total. The zero-order valence-electron chi connectivity index (χ0n) is 11.3. The lowest BCUT2D eigenvalue weighted by Crippen LogP contribution is -2.07. The Balaban J connectivity index is 2.73. The Labute approximate surface area is 121 Å². The molecule has 0 unspecified atom stereocenters. The highest BCUT2D eigenvalue weighted by Crippen LogP contribution is 2.27. The maximum Gasteiger partial charge on any atom is 0.333 e. The molecule has 1 aromatic carbocycles. The van der Waals surface area contributed by atoms with Gasteiger partial charge in [0.25, 0.3) is 0 Å². The summed E-state index contributed by atoms with van der Waals surface area (Å²) < 4.78 is 10.9. The molecule has 0 radical (unpaired) electrons. The number of halogens is 1. The summed E-state index contributed by atoms with van der Waals surface area (Å²) in [7, 11) is 3.01.